The molecule has 110 valence electrons. The Labute approximate surface area is 129 Å². The van der Waals surface area contributed by atoms with Gasteiger partial charge in [0.05, 0.1) is 17.3 Å². The van der Waals surface area contributed by atoms with Gasteiger partial charge >= 0.3 is 0 Å². The molecule has 4 heteroatoms. The van der Waals surface area contributed by atoms with Gasteiger partial charge in [-0.1, -0.05) is 25.1 Å². The van der Waals surface area contributed by atoms with Crippen molar-refractivity contribution in [2.24, 2.45) is 7.05 Å². The fraction of sp³-hybridized carbons (Fsp3) is 0.353. The summed E-state index contributed by atoms with van der Waals surface area (Å²) in [4.78, 5) is 0. The van der Waals surface area contributed by atoms with Gasteiger partial charge in [0.15, 0.2) is 0 Å². The third kappa shape index (κ3) is 3.01. The van der Waals surface area contributed by atoms with E-state index in [1.165, 1.54) is 22.2 Å². The Bertz CT molecular complexity index is 700. The van der Waals surface area contributed by atoms with Crippen LogP contribution in [-0.4, -0.2) is 16.3 Å². The van der Waals surface area contributed by atoms with Crippen molar-refractivity contribution in [3.05, 3.63) is 52.3 Å². The molecule has 21 heavy (non-hydrogen) atoms. The molecule has 0 aliphatic heterocycles. The van der Waals surface area contributed by atoms with Crippen LogP contribution in [0.15, 0.2) is 41.1 Å². The van der Waals surface area contributed by atoms with Crippen molar-refractivity contribution in [2.45, 2.75) is 25.8 Å². The van der Waals surface area contributed by atoms with Crippen LogP contribution in [0.4, 0.5) is 0 Å². The Morgan fingerprint density at radius 2 is 2.14 bits per heavy atom. The lowest BCUT2D eigenvalue weighted by Crippen LogP contribution is -2.22. The number of aromatic nitrogens is 2. The van der Waals surface area contributed by atoms with Crippen LogP contribution in [0.5, 0.6) is 0 Å². The number of nitrogens with zero attached hydrogens (tertiary/aromatic N) is 2. The van der Waals surface area contributed by atoms with Crippen LogP contribution in [0.2, 0.25) is 0 Å². The standard InChI is InChI=1S/C17H21N3S/c1-3-18-15(9-8-13-10-11-21-12-13)17-14-6-4-5-7-16(14)20(2)19-17/h4-7,10-12,15,18H,3,8-9H2,1-2H3. The molecular weight excluding hydrogens is 278 g/mol. The SMILES string of the molecule is CCNC(CCc1ccsc1)c1nn(C)c2ccccc12. The quantitative estimate of drug-likeness (QED) is 0.747. The maximum atomic E-state index is 4.77. The van der Waals surface area contributed by atoms with Crippen LogP contribution in [0, 0.1) is 0 Å². The molecule has 0 aliphatic carbocycles. The Kier molecular flexibility index (Phi) is 4.36. The van der Waals surface area contributed by atoms with Crippen molar-refractivity contribution in [2.75, 3.05) is 6.54 Å². The molecule has 1 atom stereocenters. The third-order valence-electron chi connectivity index (χ3n) is 3.87. The summed E-state index contributed by atoms with van der Waals surface area (Å²) in [6.45, 7) is 3.11. The number of hydrogen-bond donors (Lipinski definition) is 1. The predicted octanol–water partition coefficient (Wildman–Crippen LogP) is 3.92. The number of nitrogens with one attached hydrogen (secondary N) is 1. The summed E-state index contributed by atoms with van der Waals surface area (Å²) in [7, 11) is 2.02. The van der Waals surface area contributed by atoms with Crippen molar-refractivity contribution in [1.29, 1.82) is 0 Å². The van der Waals surface area contributed by atoms with Crippen LogP contribution >= 0.6 is 11.3 Å². The van der Waals surface area contributed by atoms with Crippen LogP contribution in [0.1, 0.15) is 30.6 Å². The van der Waals surface area contributed by atoms with Gasteiger partial charge in [0.1, 0.15) is 0 Å². The van der Waals surface area contributed by atoms with E-state index in [4.69, 9.17) is 5.10 Å². The molecule has 1 aromatic carbocycles. The first-order valence-electron chi connectivity index (χ1n) is 7.45. The summed E-state index contributed by atoms with van der Waals surface area (Å²) >= 11 is 1.77. The number of hydrogen-bond acceptors (Lipinski definition) is 3. The van der Waals surface area contributed by atoms with Gasteiger partial charge in [-0.25, -0.2) is 0 Å². The van der Waals surface area contributed by atoms with E-state index >= 15 is 0 Å². The number of aryl methyl sites for hydroxylation is 2. The molecule has 0 aliphatic rings. The smallest absolute Gasteiger partial charge is 0.0872 e. The Morgan fingerprint density at radius 3 is 2.90 bits per heavy atom. The first kappa shape index (κ1) is 14.3. The van der Waals surface area contributed by atoms with E-state index in [1.807, 2.05) is 11.7 Å². The van der Waals surface area contributed by atoms with E-state index in [1.54, 1.807) is 11.3 Å². The summed E-state index contributed by atoms with van der Waals surface area (Å²) in [5.41, 5.74) is 3.79. The monoisotopic (exact) mass is 299 g/mol. The molecule has 0 saturated carbocycles. The lowest BCUT2D eigenvalue weighted by molar-refractivity contribution is 0.500. The number of fused-ring (bicyclic) bond motifs is 1. The Morgan fingerprint density at radius 1 is 1.29 bits per heavy atom. The van der Waals surface area contributed by atoms with E-state index < -0.39 is 0 Å². The minimum absolute atomic E-state index is 0.306. The van der Waals surface area contributed by atoms with E-state index in [-0.39, 0.29) is 0 Å². The second kappa shape index (κ2) is 6.41. The number of para-hydroxylation sites is 1. The first-order valence-corrected chi connectivity index (χ1v) is 8.40. The molecule has 0 spiro atoms. The maximum absolute atomic E-state index is 4.77. The minimum Gasteiger partial charge on any atom is -0.309 e. The molecule has 2 heterocycles. The zero-order chi connectivity index (χ0) is 14.7. The Hall–Kier alpha value is -1.65. The number of rotatable bonds is 6. The highest BCUT2D eigenvalue weighted by Gasteiger charge is 2.18. The molecule has 1 unspecified atom stereocenters. The molecule has 0 fully saturated rings. The fourth-order valence-electron chi connectivity index (χ4n) is 2.83. The second-order valence-corrected chi connectivity index (χ2v) is 6.09. The minimum atomic E-state index is 0.306. The topological polar surface area (TPSA) is 29.9 Å². The van der Waals surface area contributed by atoms with Gasteiger partial charge in [-0.05, 0) is 47.8 Å². The van der Waals surface area contributed by atoms with Crippen molar-refractivity contribution in [3.8, 4) is 0 Å². The zero-order valence-corrected chi connectivity index (χ0v) is 13.4. The molecule has 0 bridgehead atoms. The molecule has 0 saturated heterocycles. The largest absolute Gasteiger partial charge is 0.309 e. The first-order chi connectivity index (χ1) is 10.3. The molecule has 2 aromatic heterocycles. The highest BCUT2D eigenvalue weighted by Crippen LogP contribution is 2.26. The van der Waals surface area contributed by atoms with Crippen molar-refractivity contribution >= 4 is 22.2 Å². The summed E-state index contributed by atoms with van der Waals surface area (Å²) < 4.78 is 1.99. The van der Waals surface area contributed by atoms with Crippen molar-refractivity contribution in [3.63, 3.8) is 0 Å². The zero-order valence-electron chi connectivity index (χ0n) is 12.5. The molecule has 3 rings (SSSR count). The summed E-state index contributed by atoms with van der Waals surface area (Å²) in [5, 5.41) is 14.0. The summed E-state index contributed by atoms with van der Waals surface area (Å²) in [6.07, 6.45) is 2.16. The van der Waals surface area contributed by atoms with E-state index in [9.17, 15) is 0 Å². The number of benzene rings is 1. The molecule has 3 nitrogen and oxygen atoms in total. The molecular formula is C17H21N3S. The second-order valence-electron chi connectivity index (χ2n) is 5.31. The lowest BCUT2D eigenvalue weighted by Gasteiger charge is -2.16. The average Bonchev–Trinajstić information content (AvgIpc) is 3.13. The van der Waals surface area contributed by atoms with Gasteiger partial charge in [0, 0.05) is 12.4 Å². The molecule has 0 amide bonds. The third-order valence-corrected chi connectivity index (χ3v) is 4.60. The highest BCUT2D eigenvalue weighted by atomic mass is 32.1. The van der Waals surface area contributed by atoms with Gasteiger partial charge in [0.25, 0.3) is 0 Å². The van der Waals surface area contributed by atoms with Crippen molar-refractivity contribution < 1.29 is 0 Å². The fourth-order valence-corrected chi connectivity index (χ4v) is 3.53. The van der Waals surface area contributed by atoms with Crippen molar-refractivity contribution in [1.82, 2.24) is 15.1 Å². The molecule has 1 N–H and O–H groups in total. The van der Waals surface area contributed by atoms with E-state index in [0.717, 1.165) is 19.4 Å². The molecule has 3 aromatic rings. The van der Waals surface area contributed by atoms with Gasteiger partial charge in [-0.2, -0.15) is 16.4 Å². The van der Waals surface area contributed by atoms with Crippen LogP contribution in [-0.2, 0) is 13.5 Å². The highest BCUT2D eigenvalue weighted by molar-refractivity contribution is 7.07. The molecule has 0 radical (unpaired) electrons. The summed E-state index contributed by atoms with van der Waals surface area (Å²) in [6, 6.07) is 11.0. The average molecular weight is 299 g/mol. The lowest BCUT2D eigenvalue weighted by atomic mass is 10.0. The van der Waals surface area contributed by atoms with Gasteiger partial charge in [0.2, 0.25) is 0 Å². The van der Waals surface area contributed by atoms with Gasteiger partial charge in [-0.3, -0.25) is 4.68 Å². The maximum Gasteiger partial charge on any atom is 0.0872 e. The number of thiophene rings is 1. The van der Waals surface area contributed by atoms with E-state index in [0.29, 0.717) is 6.04 Å². The normalized spacial score (nSPS) is 12.9. The summed E-state index contributed by atoms with van der Waals surface area (Å²) in [5.74, 6) is 0. The Balaban J connectivity index is 1.88. The van der Waals surface area contributed by atoms with Gasteiger partial charge in [-0.15, -0.1) is 0 Å². The van der Waals surface area contributed by atoms with Crippen LogP contribution < -0.4 is 5.32 Å². The van der Waals surface area contributed by atoms with E-state index in [2.05, 4.69) is 53.3 Å². The predicted molar refractivity (Wildman–Crippen MR) is 89.8 cm³/mol. The van der Waals surface area contributed by atoms with Crippen LogP contribution in [0.25, 0.3) is 10.9 Å². The van der Waals surface area contributed by atoms with Crippen LogP contribution in [0.3, 0.4) is 0 Å². The van der Waals surface area contributed by atoms with Gasteiger partial charge < -0.3 is 5.32 Å².